The summed E-state index contributed by atoms with van der Waals surface area (Å²) in [6.45, 7) is 0. The smallest absolute Gasteiger partial charge is 0.152 e. The number of furan rings is 1. The first-order valence-electron chi connectivity index (χ1n) is 7.15. The van der Waals surface area contributed by atoms with Crippen LogP contribution in [0.1, 0.15) is 37.5 Å². The number of nitrogens with two attached hydrogens (primary N) is 1. The molecule has 0 aliphatic heterocycles. The molecule has 108 valence electrons. The molecule has 1 heterocycles. The highest BCUT2D eigenvalue weighted by Gasteiger charge is 2.43. The van der Waals surface area contributed by atoms with Gasteiger partial charge in [-0.05, 0) is 39.1 Å². The van der Waals surface area contributed by atoms with Gasteiger partial charge in [-0.25, -0.2) is 0 Å². The van der Waals surface area contributed by atoms with Gasteiger partial charge in [-0.1, -0.05) is 36.6 Å². The van der Waals surface area contributed by atoms with Crippen LogP contribution in [-0.2, 0) is 0 Å². The summed E-state index contributed by atoms with van der Waals surface area (Å²) >= 11 is 6.19. The Morgan fingerprint density at radius 2 is 2.00 bits per heavy atom. The molecule has 1 saturated carbocycles. The van der Waals surface area contributed by atoms with Crippen LogP contribution < -0.4 is 5.73 Å². The molecule has 1 aliphatic rings. The highest BCUT2D eigenvalue weighted by atomic mass is 35.5. The largest absolute Gasteiger partial charge is 0.458 e. The molecule has 1 aliphatic carbocycles. The summed E-state index contributed by atoms with van der Waals surface area (Å²) in [7, 11) is 4.22. The van der Waals surface area contributed by atoms with E-state index in [0.717, 1.165) is 29.6 Å². The van der Waals surface area contributed by atoms with Gasteiger partial charge in [0.15, 0.2) is 5.58 Å². The Balaban J connectivity index is 2.03. The summed E-state index contributed by atoms with van der Waals surface area (Å²) < 4.78 is 5.96. The number of para-hydroxylation sites is 1. The molecule has 1 aromatic carbocycles. The molecule has 3 rings (SSSR count). The molecule has 0 saturated heterocycles. The van der Waals surface area contributed by atoms with E-state index in [4.69, 9.17) is 21.8 Å². The van der Waals surface area contributed by atoms with Crippen molar-refractivity contribution in [1.29, 1.82) is 0 Å². The fraction of sp³-hybridized carbons (Fsp3) is 0.500. The topological polar surface area (TPSA) is 42.4 Å². The van der Waals surface area contributed by atoms with Gasteiger partial charge in [0.1, 0.15) is 5.76 Å². The lowest BCUT2D eigenvalue weighted by molar-refractivity contribution is 0.114. The van der Waals surface area contributed by atoms with Crippen LogP contribution in [0.4, 0.5) is 0 Å². The average Bonchev–Trinajstić information content (AvgIpc) is 3.06. The molecule has 1 fully saturated rings. The van der Waals surface area contributed by atoms with Crippen molar-refractivity contribution in [3.8, 4) is 0 Å². The Morgan fingerprint density at radius 3 is 2.60 bits per heavy atom. The van der Waals surface area contributed by atoms with E-state index in [1.807, 2.05) is 24.3 Å². The van der Waals surface area contributed by atoms with Crippen LogP contribution in [-0.4, -0.2) is 24.5 Å². The van der Waals surface area contributed by atoms with E-state index >= 15 is 0 Å². The molecule has 3 nitrogen and oxygen atoms in total. The minimum atomic E-state index is -0.122. The zero-order valence-electron chi connectivity index (χ0n) is 12.0. The Labute approximate surface area is 124 Å². The molecule has 2 N–H and O–H groups in total. The number of hydrogen-bond acceptors (Lipinski definition) is 3. The van der Waals surface area contributed by atoms with Crippen molar-refractivity contribution in [2.24, 2.45) is 5.73 Å². The second-order valence-electron chi connectivity index (χ2n) is 5.99. The van der Waals surface area contributed by atoms with E-state index in [2.05, 4.69) is 19.0 Å². The van der Waals surface area contributed by atoms with Crippen LogP contribution in [0.3, 0.4) is 0 Å². The van der Waals surface area contributed by atoms with Gasteiger partial charge < -0.3 is 15.1 Å². The van der Waals surface area contributed by atoms with Crippen LogP contribution in [0.25, 0.3) is 11.0 Å². The highest BCUT2D eigenvalue weighted by Crippen LogP contribution is 2.43. The van der Waals surface area contributed by atoms with Crippen LogP contribution in [0.5, 0.6) is 0 Å². The second-order valence-corrected chi connectivity index (χ2v) is 6.40. The molecule has 0 radical (unpaired) electrons. The van der Waals surface area contributed by atoms with Crippen molar-refractivity contribution >= 4 is 22.6 Å². The summed E-state index contributed by atoms with van der Waals surface area (Å²) in [5, 5.41) is 1.67. The SMILES string of the molecule is CN(C)C1(C(N)c2cc3cccc(Cl)c3o2)CCCC1. The monoisotopic (exact) mass is 292 g/mol. The summed E-state index contributed by atoms with van der Waals surface area (Å²) in [6.07, 6.45) is 4.69. The quantitative estimate of drug-likeness (QED) is 0.931. The van der Waals surface area contributed by atoms with Crippen LogP contribution in [0.15, 0.2) is 28.7 Å². The predicted octanol–water partition coefficient (Wildman–Crippen LogP) is 3.96. The molecule has 1 atom stereocenters. The van der Waals surface area contributed by atoms with Crippen molar-refractivity contribution in [1.82, 2.24) is 4.90 Å². The van der Waals surface area contributed by atoms with E-state index in [1.54, 1.807) is 0 Å². The first-order valence-corrected chi connectivity index (χ1v) is 7.53. The molecule has 1 aromatic heterocycles. The Morgan fingerprint density at radius 1 is 1.30 bits per heavy atom. The summed E-state index contributed by atoms with van der Waals surface area (Å²) in [5.74, 6) is 0.837. The molecule has 0 bridgehead atoms. The zero-order chi connectivity index (χ0) is 14.3. The van der Waals surface area contributed by atoms with Crippen molar-refractivity contribution < 1.29 is 4.42 Å². The molecule has 0 spiro atoms. The lowest BCUT2D eigenvalue weighted by Gasteiger charge is -2.40. The lowest BCUT2D eigenvalue weighted by Crippen LogP contribution is -2.50. The number of rotatable bonds is 3. The van der Waals surface area contributed by atoms with Gasteiger partial charge in [-0.15, -0.1) is 0 Å². The van der Waals surface area contributed by atoms with Crippen LogP contribution in [0, 0.1) is 0 Å². The van der Waals surface area contributed by atoms with Gasteiger partial charge in [-0.2, -0.15) is 0 Å². The number of hydrogen-bond donors (Lipinski definition) is 1. The number of likely N-dealkylation sites (N-methyl/N-ethyl adjacent to an activating group) is 1. The maximum absolute atomic E-state index is 6.57. The number of benzene rings is 1. The third-order valence-corrected chi connectivity index (χ3v) is 5.06. The molecule has 2 aromatic rings. The fourth-order valence-corrected chi connectivity index (χ4v) is 3.71. The van der Waals surface area contributed by atoms with E-state index in [9.17, 15) is 0 Å². The minimum Gasteiger partial charge on any atom is -0.458 e. The van der Waals surface area contributed by atoms with E-state index in [0.29, 0.717) is 5.02 Å². The van der Waals surface area contributed by atoms with Gasteiger partial charge >= 0.3 is 0 Å². The molecule has 20 heavy (non-hydrogen) atoms. The minimum absolute atomic E-state index is 0.000350. The van der Waals surface area contributed by atoms with Crippen molar-refractivity contribution in [3.63, 3.8) is 0 Å². The Hall–Kier alpha value is -1.03. The summed E-state index contributed by atoms with van der Waals surface area (Å²) in [5.41, 5.74) is 7.31. The third-order valence-electron chi connectivity index (χ3n) is 4.76. The molecular formula is C16H21ClN2O. The maximum Gasteiger partial charge on any atom is 0.152 e. The van der Waals surface area contributed by atoms with E-state index in [1.165, 1.54) is 12.8 Å². The summed E-state index contributed by atoms with van der Waals surface area (Å²) in [6, 6.07) is 7.71. The van der Waals surface area contributed by atoms with Gasteiger partial charge in [-0.3, -0.25) is 0 Å². The first kappa shape index (κ1) is 13.9. The van der Waals surface area contributed by atoms with Crippen molar-refractivity contribution in [2.75, 3.05) is 14.1 Å². The first-order chi connectivity index (χ1) is 9.54. The molecule has 4 heteroatoms. The van der Waals surface area contributed by atoms with Crippen LogP contribution in [0.2, 0.25) is 5.02 Å². The lowest BCUT2D eigenvalue weighted by atomic mass is 9.86. The average molecular weight is 293 g/mol. The Kier molecular flexibility index (Phi) is 3.53. The van der Waals surface area contributed by atoms with E-state index in [-0.39, 0.29) is 11.6 Å². The van der Waals surface area contributed by atoms with Crippen molar-refractivity contribution in [3.05, 3.63) is 35.0 Å². The number of fused-ring (bicyclic) bond motifs is 1. The number of halogens is 1. The predicted molar refractivity (Wildman–Crippen MR) is 83.0 cm³/mol. The molecular weight excluding hydrogens is 272 g/mol. The standard InChI is InChI=1S/C16H21ClN2O/c1-19(2)16(8-3-4-9-16)15(18)13-10-11-6-5-7-12(17)14(11)20-13/h5-7,10,15H,3-4,8-9,18H2,1-2H3. The Bertz CT molecular complexity index is 614. The molecule has 0 amide bonds. The molecule has 1 unspecified atom stereocenters. The fourth-order valence-electron chi connectivity index (χ4n) is 3.49. The normalized spacial score (nSPS) is 19.9. The van der Waals surface area contributed by atoms with Gasteiger partial charge in [0.25, 0.3) is 0 Å². The van der Waals surface area contributed by atoms with E-state index < -0.39 is 0 Å². The number of nitrogens with zero attached hydrogens (tertiary/aromatic N) is 1. The second kappa shape index (κ2) is 5.06. The summed E-state index contributed by atoms with van der Waals surface area (Å²) in [4.78, 5) is 2.26. The van der Waals surface area contributed by atoms with Gasteiger partial charge in [0.2, 0.25) is 0 Å². The van der Waals surface area contributed by atoms with Gasteiger partial charge in [0.05, 0.1) is 11.1 Å². The van der Waals surface area contributed by atoms with Crippen molar-refractivity contribution in [2.45, 2.75) is 37.3 Å². The van der Waals surface area contributed by atoms with Crippen LogP contribution >= 0.6 is 11.6 Å². The zero-order valence-corrected chi connectivity index (χ0v) is 12.8. The third kappa shape index (κ3) is 2.05. The van der Waals surface area contributed by atoms with Gasteiger partial charge in [0, 0.05) is 10.9 Å². The maximum atomic E-state index is 6.57. The highest BCUT2D eigenvalue weighted by molar-refractivity contribution is 6.34.